The second-order valence-electron chi connectivity index (χ2n) is 8.90. The lowest BCUT2D eigenvalue weighted by atomic mass is 9.73. The van der Waals surface area contributed by atoms with E-state index in [1.807, 2.05) is 6.07 Å². The van der Waals surface area contributed by atoms with Gasteiger partial charge in [0.15, 0.2) is 0 Å². The SMILES string of the molecule is O=C1NCN(c2ccccc2)C12CCN(C1(c3ccccc3)CCCCC1)CC2. The molecule has 2 aromatic carbocycles. The standard InChI is InChI=1S/C25H31N3O/c29-23-25(28(20-26-23)22-12-6-2-7-13-22)16-18-27(19-17-25)24(14-8-3-9-15-24)21-10-4-1-5-11-21/h1-2,4-7,10-13H,3,8-9,14-20H2,(H,26,29). The summed E-state index contributed by atoms with van der Waals surface area (Å²) in [6.07, 6.45) is 8.19. The molecular weight excluding hydrogens is 358 g/mol. The summed E-state index contributed by atoms with van der Waals surface area (Å²) in [5.41, 5.74) is 2.36. The van der Waals surface area contributed by atoms with E-state index in [0.29, 0.717) is 6.67 Å². The first kappa shape index (κ1) is 18.7. The zero-order chi connectivity index (χ0) is 19.7. The van der Waals surface area contributed by atoms with Gasteiger partial charge in [0.25, 0.3) is 0 Å². The Kier molecular flexibility index (Phi) is 4.83. The Morgan fingerprint density at radius 2 is 1.34 bits per heavy atom. The van der Waals surface area contributed by atoms with Crippen LogP contribution in [0.5, 0.6) is 0 Å². The van der Waals surface area contributed by atoms with E-state index in [-0.39, 0.29) is 11.4 Å². The summed E-state index contributed by atoms with van der Waals surface area (Å²) < 4.78 is 0. The number of nitrogens with zero attached hydrogens (tertiary/aromatic N) is 2. The predicted molar refractivity (Wildman–Crippen MR) is 117 cm³/mol. The molecular formula is C25H31N3O. The largest absolute Gasteiger partial charge is 0.339 e. The third-order valence-corrected chi connectivity index (χ3v) is 7.59. The first-order chi connectivity index (χ1) is 14.2. The van der Waals surface area contributed by atoms with E-state index in [1.165, 1.54) is 37.7 Å². The minimum Gasteiger partial charge on any atom is -0.339 e. The van der Waals surface area contributed by atoms with Crippen LogP contribution in [0, 0.1) is 0 Å². The maximum atomic E-state index is 13.0. The van der Waals surface area contributed by atoms with Crippen molar-refractivity contribution in [1.82, 2.24) is 10.2 Å². The van der Waals surface area contributed by atoms with Crippen LogP contribution in [0.2, 0.25) is 0 Å². The molecule has 4 heteroatoms. The number of benzene rings is 2. The molecule has 2 aliphatic heterocycles. The lowest BCUT2D eigenvalue weighted by Crippen LogP contribution is -2.60. The van der Waals surface area contributed by atoms with Gasteiger partial charge in [-0.25, -0.2) is 0 Å². The first-order valence-corrected chi connectivity index (χ1v) is 11.2. The summed E-state index contributed by atoms with van der Waals surface area (Å²) in [5.74, 6) is 0.207. The Labute approximate surface area is 173 Å². The Bertz CT molecular complexity index is 837. The van der Waals surface area contributed by atoms with E-state index in [4.69, 9.17) is 0 Å². The summed E-state index contributed by atoms with van der Waals surface area (Å²) in [5, 5.41) is 3.13. The molecule has 2 aromatic rings. The Morgan fingerprint density at radius 3 is 2.00 bits per heavy atom. The molecule has 3 aliphatic rings. The van der Waals surface area contributed by atoms with Gasteiger partial charge in [-0.3, -0.25) is 9.69 Å². The van der Waals surface area contributed by atoms with Gasteiger partial charge in [0.1, 0.15) is 5.54 Å². The molecule has 2 saturated heterocycles. The Morgan fingerprint density at radius 1 is 0.724 bits per heavy atom. The highest BCUT2D eigenvalue weighted by atomic mass is 16.2. The minimum absolute atomic E-state index is 0.147. The van der Waals surface area contributed by atoms with Crippen molar-refractivity contribution in [3.8, 4) is 0 Å². The number of nitrogens with one attached hydrogen (secondary N) is 1. The zero-order valence-electron chi connectivity index (χ0n) is 17.1. The highest BCUT2D eigenvalue weighted by Crippen LogP contribution is 2.46. The second-order valence-corrected chi connectivity index (χ2v) is 8.90. The van der Waals surface area contributed by atoms with Crippen molar-refractivity contribution in [2.45, 2.75) is 56.0 Å². The van der Waals surface area contributed by atoms with Crippen molar-refractivity contribution in [3.63, 3.8) is 0 Å². The van der Waals surface area contributed by atoms with Gasteiger partial charge in [0.05, 0.1) is 6.67 Å². The van der Waals surface area contributed by atoms with Crippen LogP contribution in [0.15, 0.2) is 60.7 Å². The molecule has 0 unspecified atom stereocenters. The summed E-state index contributed by atoms with van der Waals surface area (Å²) in [4.78, 5) is 18.0. The fraction of sp³-hybridized carbons (Fsp3) is 0.480. The molecule has 2 heterocycles. The number of carbonyl (C=O) groups excluding carboxylic acids is 1. The second kappa shape index (κ2) is 7.49. The normalized spacial score (nSPS) is 23.9. The number of hydrogen-bond acceptors (Lipinski definition) is 3. The zero-order valence-corrected chi connectivity index (χ0v) is 17.1. The molecule has 1 N–H and O–H groups in total. The molecule has 1 amide bonds. The highest BCUT2D eigenvalue weighted by Gasteiger charge is 2.52. The van der Waals surface area contributed by atoms with Crippen LogP contribution in [-0.2, 0) is 10.3 Å². The quantitative estimate of drug-likeness (QED) is 0.851. The van der Waals surface area contributed by atoms with Gasteiger partial charge in [0, 0.05) is 24.3 Å². The van der Waals surface area contributed by atoms with Crippen molar-refractivity contribution >= 4 is 11.6 Å². The third kappa shape index (κ3) is 3.05. The van der Waals surface area contributed by atoms with Crippen molar-refractivity contribution in [2.24, 2.45) is 0 Å². The molecule has 1 aliphatic carbocycles. The van der Waals surface area contributed by atoms with Gasteiger partial charge in [-0.15, -0.1) is 0 Å². The number of anilines is 1. The number of piperidine rings is 1. The fourth-order valence-corrected chi connectivity index (χ4v) is 6.01. The lowest BCUT2D eigenvalue weighted by molar-refractivity contribution is -0.126. The average Bonchev–Trinajstić information content (AvgIpc) is 3.11. The van der Waals surface area contributed by atoms with Crippen LogP contribution in [0.3, 0.4) is 0 Å². The number of rotatable bonds is 3. The molecule has 0 bridgehead atoms. The number of likely N-dealkylation sites (tertiary alicyclic amines) is 1. The van der Waals surface area contributed by atoms with Crippen LogP contribution in [0.1, 0.15) is 50.5 Å². The van der Waals surface area contributed by atoms with Gasteiger partial charge in [-0.2, -0.15) is 0 Å². The van der Waals surface area contributed by atoms with Crippen molar-refractivity contribution in [2.75, 3.05) is 24.7 Å². The number of para-hydroxylation sites is 1. The van der Waals surface area contributed by atoms with Crippen LogP contribution in [0.4, 0.5) is 5.69 Å². The van der Waals surface area contributed by atoms with E-state index >= 15 is 0 Å². The molecule has 3 fully saturated rings. The van der Waals surface area contributed by atoms with E-state index in [0.717, 1.165) is 31.6 Å². The van der Waals surface area contributed by atoms with E-state index < -0.39 is 5.54 Å². The molecule has 1 spiro atoms. The average molecular weight is 390 g/mol. The third-order valence-electron chi connectivity index (χ3n) is 7.59. The molecule has 0 atom stereocenters. The topological polar surface area (TPSA) is 35.6 Å². The van der Waals surface area contributed by atoms with Crippen LogP contribution in [0.25, 0.3) is 0 Å². The number of hydrogen-bond donors (Lipinski definition) is 1. The molecule has 152 valence electrons. The smallest absolute Gasteiger partial charge is 0.247 e. The van der Waals surface area contributed by atoms with Crippen LogP contribution in [-0.4, -0.2) is 36.1 Å². The molecule has 4 nitrogen and oxygen atoms in total. The van der Waals surface area contributed by atoms with Gasteiger partial charge < -0.3 is 10.2 Å². The molecule has 0 radical (unpaired) electrons. The summed E-state index contributed by atoms with van der Waals surface area (Å²) in [6.45, 7) is 2.57. The number of carbonyl (C=O) groups is 1. The molecule has 1 saturated carbocycles. The summed E-state index contributed by atoms with van der Waals surface area (Å²) >= 11 is 0. The van der Waals surface area contributed by atoms with Gasteiger partial charge in [0.2, 0.25) is 5.91 Å². The fourth-order valence-electron chi connectivity index (χ4n) is 6.01. The molecule has 0 aromatic heterocycles. The van der Waals surface area contributed by atoms with Crippen molar-refractivity contribution in [1.29, 1.82) is 0 Å². The van der Waals surface area contributed by atoms with E-state index in [1.54, 1.807) is 0 Å². The summed E-state index contributed by atoms with van der Waals surface area (Å²) in [6, 6.07) is 21.5. The maximum Gasteiger partial charge on any atom is 0.247 e. The van der Waals surface area contributed by atoms with Crippen LogP contribution < -0.4 is 10.2 Å². The van der Waals surface area contributed by atoms with Crippen molar-refractivity contribution < 1.29 is 4.79 Å². The lowest BCUT2D eigenvalue weighted by Gasteiger charge is -2.52. The molecule has 29 heavy (non-hydrogen) atoms. The maximum absolute atomic E-state index is 13.0. The molecule has 5 rings (SSSR count). The van der Waals surface area contributed by atoms with Crippen LogP contribution >= 0.6 is 0 Å². The minimum atomic E-state index is -0.398. The van der Waals surface area contributed by atoms with Gasteiger partial charge in [-0.05, 0) is 43.4 Å². The number of amides is 1. The Balaban J connectivity index is 1.42. The van der Waals surface area contributed by atoms with E-state index in [2.05, 4.69) is 69.7 Å². The first-order valence-electron chi connectivity index (χ1n) is 11.2. The monoisotopic (exact) mass is 389 g/mol. The predicted octanol–water partition coefficient (Wildman–Crippen LogP) is 4.27. The Hall–Kier alpha value is -2.33. The van der Waals surface area contributed by atoms with Crippen molar-refractivity contribution in [3.05, 3.63) is 66.2 Å². The highest BCUT2D eigenvalue weighted by molar-refractivity contribution is 5.93. The summed E-state index contributed by atoms with van der Waals surface area (Å²) in [7, 11) is 0. The van der Waals surface area contributed by atoms with Gasteiger partial charge in [-0.1, -0.05) is 67.8 Å². The van der Waals surface area contributed by atoms with E-state index in [9.17, 15) is 4.79 Å². The van der Waals surface area contributed by atoms with Gasteiger partial charge >= 0.3 is 0 Å².